The molecule has 1 saturated heterocycles. The topological polar surface area (TPSA) is 37.8 Å². The third-order valence-corrected chi connectivity index (χ3v) is 3.37. The highest BCUT2D eigenvalue weighted by molar-refractivity contribution is 5.22. The summed E-state index contributed by atoms with van der Waals surface area (Å²) in [7, 11) is 0. The number of hydrogen-bond acceptors (Lipinski definition) is 3. The highest BCUT2D eigenvalue weighted by Gasteiger charge is 2.20. The Bertz CT molecular complexity index is 368. The molecule has 3 heteroatoms. The molecule has 94 valence electrons. The van der Waals surface area contributed by atoms with Gasteiger partial charge in [-0.3, -0.25) is 0 Å². The zero-order chi connectivity index (χ0) is 12.3. The Kier molecular flexibility index (Phi) is 4.11. The van der Waals surface area contributed by atoms with E-state index < -0.39 is 0 Å². The summed E-state index contributed by atoms with van der Waals surface area (Å²) in [6.07, 6.45) is 5.56. The maximum atomic E-state index is 4.71. The van der Waals surface area contributed by atoms with Crippen LogP contribution in [0.3, 0.4) is 0 Å². The van der Waals surface area contributed by atoms with Crippen molar-refractivity contribution in [2.75, 3.05) is 13.1 Å². The predicted octanol–water partition coefficient (Wildman–Crippen LogP) is 2.45. The normalized spacial score (nSPS) is 17.6. The molecule has 0 aromatic carbocycles. The van der Waals surface area contributed by atoms with Gasteiger partial charge >= 0.3 is 0 Å². The van der Waals surface area contributed by atoms with Gasteiger partial charge in [0, 0.05) is 12.1 Å². The molecule has 0 aliphatic carbocycles. The predicted molar refractivity (Wildman–Crippen MR) is 70.2 cm³/mol. The molecule has 1 N–H and O–H groups in total. The first-order valence-corrected chi connectivity index (χ1v) is 6.70. The van der Waals surface area contributed by atoms with Crippen LogP contribution >= 0.6 is 0 Å². The minimum absolute atomic E-state index is 0.631. The Morgan fingerprint density at radius 1 is 1.35 bits per heavy atom. The summed E-state index contributed by atoms with van der Waals surface area (Å²) in [5.74, 6) is 2.21. The fraction of sp³-hybridized carbons (Fsp3) is 0.714. The van der Waals surface area contributed by atoms with Crippen molar-refractivity contribution in [3.05, 3.63) is 23.3 Å². The van der Waals surface area contributed by atoms with E-state index in [-0.39, 0.29) is 0 Å². The maximum absolute atomic E-state index is 4.71. The average molecular weight is 233 g/mol. The number of nitrogens with zero attached hydrogens (tertiary/aromatic N) is 2. The van der Waals surface area contributed by atoms with Crippen LogP contribution in [0.2, 0.25) is 0 Å². The van der Waals surface area contributed by atoms with Crippen molar-refractivity contribution in [2.45, 2.75) is 46.0 Å². The lowest BCUT2D eigenvalue weighted by Gasteiger charge is -2.24. The zero-order valence-corrected chi connectivity index (χ0v) is 11.2. The van der Waals surface area contributed by atoms with Gasteiger partial charge in [-0.15, -0.1) is 0 Å². The minimum Gasteiger partial charge on any atom is -0.317 e. The summed E-state index contributed by atoms with van der Waals surface area (Å²) in [4.78, 5) is 9.07. The molecule has 2 rings (SSSR count). The summed E-state index contributed by atoms with van der Waals surface area (Å²) in [6, 6.07) is 0. The van der Waals surface area contributed by atoms with Crippen LogP contribution in [0.25, 0.3) is 0 Å². The van der Waals surface area contributed by atoms with Crippen LogP contribution in [-0.2, 0) is 6.42 Å². The van der Waals surface area contributed by atoms with Crippen molar-refractivity contribution < 1.29 is 0 Å². The van der Waals surface area contributed by atoms with Gasteiger partial charge < -0.3 is 5.32 Å². The van der Waals surface area contributed by atoms with Crippen LogP contribution in [0, 0.1) is 12.8 Å². The fourth-order valence-electron chi connectivity index (χ4n) is 2.56. The number of aryl methyl sites for hydroxylation is 1. The molecule has 0 atom stereocenters. The smallest absolute Gasteiger partial charge is 0.125 e. The molecule has 1 fully saturated rings. The van der Waals surface area contributed by atoms with Gasteiger partial charge in [0.05, 0.1) is 5.69 Å². The highest BCUT2D eigenvalue weighted by Crippen LogP contribution is 2.27. The van der Waals surface area contributed by atoms with Gasteiger partial charge in [0.15, 0.2) is 0 Å². The van der Waals surface area contributed by atoms with Gasteiger partial charge in [-0.1, -0.05) is 13.8 Å². The number of aromatic nitrogens is 2. The summed E-state index contributed by atoms with van der Waals surface area (Å²) in [5, 5.41) is 3.42. The first kappa shape index (κ1) is 12.5. The molecule has 1 aromatic heterocycles. The summed E-state index contributed by atoms with van der Waals surface area (Å²) in [5.41, 5.74) is 2.67. The number of piperidine rings is 1. The summed E-state index contributed by atoms with van der Waals surface area (Å²) < 4.78 is 0. The van der Waals surface area contributed by atoms with E-state index in [2.05, 4.69) is 24.1 Å². The van der Waals surface area contributed by atoms with Gasteiger partial charge in [-0.2, -0.15) is 0 Å². The lowest BCUT2D eigenvalue weighted by molar-refractivity contribution is 0.447. The Balaban J connectivity index is 2.25. The molecule has 0 spiro atoms. The molecule has 0 amide bonds. The van der Waals surface area contributed by atoms with Gasteiger partial charge in [0.2, 0.25) is 0 Å². The SMILES string of the molecule is Cc1ncc(CC(C)C)c(C2CCNCC2)n1. The van der Waals surface area contributed by atoms with E-state index in [9.17, 15) is 0 Å². The molecular weight excluding hydrogens is 210 g/mol. The summed E-state index contributed by atoms with van der Waals surface area (Å²) in [6.45, 7) is 8.74. The Morgan fingerprint density at radius 2 is 2.06 bits per heavy atom. The fourth-order valence-corrected chi connectivity index (χ4v) is 2.56. The van der Waals surface area contributed by atoms with E-state index in [1.54, 1.807) is 0 Å². The number of nitrogens with one attached hydrogen (secondary N) is 1. The zero-order valence-electron chi connectivity index (χ0n) is 11.2. The second kappa shape index (κ2) is 5.58. The van der Waals surface area contributed by atoms with Crippen LogP contribution in [0.1, 0.15) is 49.7 Å². The molecule has 1 aliphatic heterocycles. The van der Waals surface area contributed by atoms with E-state index >= 15 is 0 Å². The number of hydrogen-bond donors (Lipinski definition) is 1. The van der Waals surface area contributed by atoms with Gasteiger partial charge in [-0.05, 0) is 50.8 Å². The van der Waals surface area contributed by atoms with E-state index in [1.807, 2.05) is 13.1 Å². The molecule has 2 heterocycles. The largest absolute Gasteiger partial charge is 0.317 e. The first-order chi connectivity index (χ1) is 8.16. The summed E-state index contributed by atoms with van der Waals surface area (Å²) >= 11 is 0. The second-order valence-corrected chi connectivity index (χ2v) is 5.45. The monoisotopic (exact) mass is 233 g/mol. The van der Waals surface area contributed by atoms with Crippen LogP contribution in [-0.4, -0.2) is 23.1 Å². The van der Waals surface area contributed by atoms with Crippen molar-refractivity contribution >= 4 is 0 Å². The molecule has 0 unspecified atom stereocenters. The van der Waals surface area contributed by atoms with Crippen molar-refractivity contribution in [3.8, 4) is 0 Å². The van der Waals surface area contributed by atoms with Crippen LogP contribution < -0.4 is 5.32 Å². The van der Waals surface area contributed by atoms with E-state index in [0.717, 1.165) is 25.3 Å². The molecule has 0 bridgehead atoms. The van der Waals surface area contributed by atoms with Crippen LogP contribution in [0.4, 0.5) is 0 Å². The van der Waals surface area contributed by atoms with Crippen molar-refractivity contribution in [1.82, 2.24) is 15.3 Å². The van der Waals surface area contributed by atoms with Crippen LogP contribution in [0.15, 0.2) is 6.20 Å². The molecule has 1 aliphatic rings. The van der Waals surface area contributed by atoms with Gasteiger partial charge in [-0.25, -0.2) is 9.97 Å². The highest BCUT2D eigenvalue weighted by atomic mass is 14.9. The lowest BCUT2D eigenvalue weighted by Crippen LogP contribution is -2.28. The second-order valence-electron chi connectivity index (χ2n) is 5.45. The van der Waals surface area contributed by atoms with Gasteiger partial charge in [0.1, 0.15) is 5.82 Å². The van der Waals surface area contributed by atoms with Crippen LogP contribution in [0.5, 0.6) is 0 Å². The lowest BCUT2D eigenvalue weighted by atomic mass is 9.89. The molecule has 1 aromatic rings. The molecule has 3 nitrogen and oxygen atoms in total. The molecule has 0 radical (unpaired) electrons. The first-order valence-electron chi connectivity index (χ1n) is 6.70. The minimum atomic E-state index is 0.631. The van der Waals surface area contributed by atoms with Crippen molar-refractivity contribution in [2.24, 2.45) is 5.92 Å². The van der Waals surface area contributed by atoms with Gasteiger partial charge in [0.25, 0.3) is 0 Å². The molecular formula is C14H23N3. The quantitative estimate of drug-likeness (QED) is 0.871. The Morgan fingerprint density at radius 3 is 2.71 bits per heavy atom. The Hall–Kier alpha value is -0.960. The third kappa shape index (κ3) is 3.25. The van der Waals surface area contributed by atoms with E-state index in [4.69, 9.17) is 4.98 Å². The molecule has 17 heavy (non-hydrogen) atoms. The van der Waals surface area contributed by atoms with E-state index in [0.29, 0.717) is 11.8 Å². The third-order valence-electron chi connectivity index (χ3n) is 3.37. The van der Waals surface area contributed by atoms with Crippen molar-refractivity contribution in [1.29, 1.82) is 0 Å². The number of rotatable bonds is 3. The standard InChI is InChI=1S/C14H23N3/c1-10(2)8-13-9-16-11(3)17-14(13)12-4-6-15-7-5-12/h9-10,12,15H,4-8H2,1-3H3. The maximum Gasteiger partial charge on any atom is 0.125 e. The Labute approximate surface area is 104 Å². The van der Waals surface area contributed by atoms with Crippen molar-refractivity contribution in [3.63, 3.8) is 0 Å². The molecule has 0 saturated carbocycles. The van der Waals surface area contributed by atoms with E-state index in [1.165, 1.54) is 24.1 Å². The average Bonchev–Trinajstić information content (AvgIpc) is 2.32.